The molecule has 0 spiro atoms. The Balaban J connectivity index is 0. The zero-order valence-corrected chi connectivity index (χ0v) is 12.6. The van der Waals surface area contributed by atoms with Gasteiger partial charge in [0.05, 0.1) is 0 Å². The first-order valence-corrected chi connectivity index (χ1v) is 3.23. The SMILES string of the molecule is S=c1nc([S-])nc([S-])[nH]1.[Na+].[Na+]. The van der Waals surface area contributed by atoms with E-state index in [1.165, 1.54) is 0 Å². The van der Waals surface area contributed by atoms with Gasteiger partial charge in [0.25, 0.3) is 0 Å². The average Bonchev–Trinajstić information content (AvgIpc) is 1.59. The van der Waals surface area contributed by atoms with Crippen LogP contribution in [0.4, 0.5) is 0 Å². The Kier molecular flexibility index (Phi) is 9.80. The van der Waals surface area contributed by atoms with Crippen molar-refractivity contribution in [3.05, 3.63) is 4.77 Å². The second kappa shape index (κ2) is 7.11. The zero-order chi connectivity index (χ0) is 6.85. The van der Waals surface area contributed by atoms with Gasteiger partial charge in [-0.1, -0.05) is 0 Å². The molecule has 0 radical (unpaired) electrons. The topological polar surface area (TPSA) is 41.6 Å². The number of hydrogen-bond donors (Lipinski definition) is 1. The van der Waals surface area contributed by atoms with Crippen molar-refractivity contribution in [2.45, 2.75) is 10.3 Å². The molecule has 0 fully saturated rings. The van der Waals surface area contributed by atoms with Gasteiger partial charge in [0.15, 0.2) is 4.77 Å². The Bertz CT molecular complexity index is 252. The quantitative estimate of drug-likeness (QED) is 0.269. The van der Waals surface area contributed by atoms with Crippen LogP contribution >= 0.6 is 12.2 Å². The number of aromatic nitrogens is 3. The summed E-state index contributed by atoms with van der Waals surface area (Å²) < 4.78 is 0.292. The number of rotatable bonds is 0. The fraction of sp³-hybridized carbons (Fsp3) is 0. The van der Waals surface area contributed by atoms with E-state index < -0.39 is 0 Å². The number of H-pyrrole nitrogens is 1. The smallest absolute Gasteiger partial charge is 0.742 e. The number of nitrogens with one attached hydrogen (secondary N) is 1. The molecule has 0 bridgehead atoms. The van der Waals surface area contributed by atoms with Crippen molar-refractivity contribution in [1.82, 2.24) is 15.0 Å². The normalized spacial score (nSPS) is 7.64. The van der Waals surface area contributed by atoms with E-state index in [1.54, 1.807) is 0 Å². The number of aromatic amines is 1. The van der Waals surface area contributed by atoms with Gasteiger partial charge in [-0.05, 0) is 17.4 Å². The molecular weight excluding hydrogens is 220 g/mol. The first-order valence-electron chi connectivity index (χ1n) is 2.01. The minimum atomic E-state index is 0. The van der Waals surface area contributed by atoms with Gasteiger partial charge >= 0.3 is 59.1 Å². The molecule has 0 aliphatic rings. The molecule has 3 nitrogen and oxygen atoms in total. The van der Waals surface area contributed by atoms with Crippen LogP contribution in [0.2, 0.25) is 0 Å². The summed E-state index contributed by atoms with van der Waals surface area (Å²) in [5, 5.41) is 0.490. The van der Waals surface area contributed by atoms with Gasteiger partial charge in [0.1, 0.15) is 0 Å². The molecule has 1 N–H and O–H groups in total. The van der Waals surface area contributed by atoms with E-state index in [9.17, 15) is 0 Å². The van der Waals surface area contributed by atoms with Crippen LogP contribution in [0, 0.1) is 4.77 Å². The zero-order valence-electron chi connectivity index (χ0n) is 6.12. The molecule has 0 aliphatic carbocycles. The first-order chi connectivity index (χ1) is 4.18. The van der Waals surface area contributed by atoms with Gasteiger partial charge in [-0.25, -0.2) is 4.98 Å². The van der Waals surface area contributed by atoms with E-state index in [0.29, 0.717) is 9.93 Å². The Labute approximate surface area is 125 Å². The molecule has 0 unspecified atom stereocenters. The molecule has 8 heteroatoms. The first kappa shape index (κ1) is 15.2. The summed E-state index contributed by atoms with van der Waals surface area (Å²) in [6, 6.07) is 0. The second-order valence-electron chi connectivity index (χ2n) is 1.24. The van der Waals surface area contributed by atoms with Crippen LogP contribution in [0.3, 0.4) is 0 Å². The monoisotopic (exact) mass is 221 g/mol. The van der Waals surface area contributed by atoms with E-state index in [1.807, 2.05) is 0 Å². The van der Waals surface area contributed by atoms with Gasteiger partial charge in [-0.15, -0.1) is 0 Å². The van der Waals surface area contributed by atoms with Crippen LogP contribution in [-0.2, 0) is 25.3 Å². The van der Waals surface area contributed by atoms with E-state index in [2.05, 4.69) is 52.4 Å². The Morgan fingerprint density at radius 3 is 2.09 bits per heavy atom. The van der Waals surface area contributed by atoms with Crippen molar-refractivity contribution in [1.29, 1.82) is 0 Å². The van der Waals surface area contributed by atoms with Crippen LogP contribution in [-0.4, -0.2) is 15.0 Å². The third-order valence-electron chi connectivity index (χ3n) is 0.608. The largest absolute Gasteiger partial charge is 1.00 e. The minimum absolute atomic E-state index is 0. The van der Waals surface area contributed by atoms with Crippen LogP contribution < -0.4 is 59.1 Å². The maximum atomic E-state index is 4.65. The molecule has 0 aromatic carbocycles. The molecule has 1 aromatic heterocycles. The van der Waals surface area contributed by atoms with Crippen molar-refractivity contribution >= 4 is 37.5 Å². The van der Waals surface area contributed by atoms with Crippen LogP contribution in [0.5, 0.6) is 0 Å². The molecule has 1 aromatic rings. The standard InChI is InChI=1S/C3H3N3S3.2Na/c7-1-4-2(8)6-3(9)5-1;;/h(H3,4,5,6,7,8,9);;/q;2*+1/p-2. The molecule has 0 saturated heterocycles. The molecule has 0 atom stereocenters. The van der Waals surface area contributed by atoms with Crippen LogP contribution in [0.1, 0.15) is 0 Å². The third kappa shape index (κ3) is 5.84. The Morgan fingerprint density at radius 2 is 1.73 bits per heavy atom. The van der Waals surface area contributed by atoms with Crippen LogP contribution in [0.25, 0.3) is 0 Å². The molecule has 1 rings (SSSR count). The second-order valence-corrected chi connectivity index (χ2v) is 2.38. The van der Waals surface area contributed by atoms with Gasteiger partial charge in [-0.3, -0.25) is 4.98 Å². The van der Waals surface area contributed by atoms with Crippen molar-refractivity contribution < 1.29 is 59.1 Å². The molecule has 11 heavy (non-hydrogen) atoms. The summed E-state index contributed by atoms with van der Waals surface area (Å²) in [6.07, 6.45) is 0. The van der Waals surface area contributed by atoms with Crippen molar-refractivity contribution in [2.75, 3.05) is 0 Å². The Hall–Kier alpha value is 1.67. The number of nitrogens with zero attached hydrogens (tertiary/aromatic N) is 2. The molecule has 0 amide bonds. The maximum absolute atomic E-state index is 4.65. The molecule has 48 valence electrons. The third-order valence-corrected chi connectivity index (χ3v) is 1.18. The van der Waals surface area contributed by atoms with E-state index >= 15 is 0 Å². The predicted octanol–water partition coefficient (Wildman–Crippen LogP) is -5.65. The minimum Gasteiger partial charge on any atom is -0.742 e. The van der Waals surface area contributed by atoms with Gasteiger partial charge < -0.3 is 30.2 Å². The molecule has 0 saturated carbocycles. The molecular formula is C3HN3Na2S3. The Morgan fingerprint density at radius 1 is 1.18 bits per heavy atom. The van der Waals surface area contributed by atoms with Gasteiger partial charge in [0, 0.05) is 5.16 Å². The van der Waals surface area contributed by atoms with Crippen molar-refractivity contribution in [2.24, 2.45) is 0 Å². The number of hydrogen-bond acceptors (Lipinski definition) is 5. The maximum Gasteiger partial charge on any atom is 1.00 e. The summed E-state index contributed by atoms with van der Waals surface area (Å²) in [4.78, 5) is 9.81. The van der Waals surface area contributed by atoms with E-state index in [4.69, 9.17) is 0 Å². The fourth-order valence-corrected chi connectivity index (χ4v) is 1.08. The molecule has 1 heterocycles. The van der Waals surface area contributed by atoms with Crippen molar-refractivity contribution in [3.63, 3.8) is 0 Å². The summed E-state index contributed by atoms with van der Waals surface area (Å²) in [5.41, 5.74) is 0. The predicted molar refractivity (Wildman–Crippen MR) is 38.5 cm³/mol. The van der Waals surface area contributed by atoms with Gasteiger partial charge in [0.2, 0.25) is 0 Å². The van der Waals surface area contributed by atoms with E-state index in [0.717, 1.165) is 0 Å². The summed E-state index contributed by atoms with van der Waals surface area (Å²) in [7, 11) is 0. The van der Waals surface area contributed by atoms with Crippen LogP contribution in [0.15, 0.2) is 10.3 Å². The van der Waals surface area contributed by atoms with Crippen molar-refractivity contribution in [3.8, 4) is 0 Å². The summed E-state index contributed by atoms with van der Waals surface area (Å²) >= 11 is 13.9. The van der Waals surface area contributed by atoms with Gasteiger partial charge in [-0.2, -0.15) is 0 Å². The summed E-state index contributed by atoms with van der Waals surface area (Å²) in [5.74, 6) is 0. The van der Waals surface area contributed by atoms with E-state index in [-0.39, 0.29) is 64.3 Å². The molecule has 0 aliphatic heterocycles. The average molecular weight is 221 g/mol. The summed E-state index contributed by atoms with van der Waals surface area (Å²) in [6.45, 7) is 0. The fourth-order valence-electron chi connectivity index (χ4n) is 0.346.